The van der Waals surface area contributed by atoms with E-state index in [-0.39, 0.29) is 17.5 Å². The van der Waals surface area contributed by atoms with E-state index in [4.69, 9.17) is 5.73 Å². The van der Waals surface area contributed by atoms with E-state index in [2.05, 4.69) is 21.8 Å². The van der Waals surface area contributed by atoms with Crippen molar-refractivity contribution in [2.45, 2.75) is 50.6 Å². The van der Waals surface area contributed by atoms with Crippen LogP contribution in [0, 0.1) is 12.8 Å². The molecule has 2 atom stereocenters. The van der Waals surface area contributed by atoms with Crippen LogP contribution in [-0.2, 0) is 16.6 Å². The van der Waals surface area contributed by atoms with Gasteiger partial charge in [-0.2, -0.15) is 5.10 Å². The molecule has 0 radical (unpaired) electrons. The molecule has 0 aliphatic heterocycles. The fraction of sp³-hybridized carbons (Fsp3) is 0.727. The molecule has 1 aliphatic rings. The second-order valence-corrected chi connectivity index (χ2v) is 6.62. The van der Waals surface area contributed by atoms with Crippen molar-refractivity contribution in [2.24, 2.45) is 11.7 Å². The summed E-state index contributed by atoms with van der Waals surface area (Å²) in [6.07, 6.45) is 3.04. The fourth-order valence-corrected chi connectivity index (χ4v) is 4.30. The van der Waals surface area contributed by atoms with E-state index < -0.39 is 10.0 Å². The lowest BCUT2D eigenvalue weighted by atomic mass is 10.1. The van der Waals surface area contributed by atoms with Gasteiger partial charge in [0.25, 0.3) is 0 Å². The number of nitrogens with zero attached hydrogens (tertiary/aromatic N) is 1. The minimum Gasteiger partial charge on any atom is -0.325 e. The standard InChI is InChI=1S/C11H20N4O2S/c1-7-4-3-5-9(7)15-18(16,17)11-8(2)13-14-10(11)6-12/h7,9,15H,3-6,12H2,1-2H3,(H,13,14). The molecule has 7 heteroatoms. The summed E-state index contributed by atoms with van der Waals surface area (Å²) in [7, 11) is -3.53. The highest BCUT2D eigenvalue weighted by Gasteiger charge is 2.31. The summed E-state index contributed by atoms with van der Waals surface area (Å²) in [5.74, 6) is 0.383. The van der Waals surface area contributed by atoms with Crippen molar-refractivity contribution in [2.75, 3.05) is 0 Å². The topological polar surface area (TPSA) is 101 Å². The van der Waals surface area contributed by atoms with Crippen molar-refractivity contribution in [3.05, 3.63) is 11.4 Å². The van der Waals surface area contributed by atoms with E-state index in [1.165, 1.54) is 0 Å². The summed E-state index contributed by atoms with van der Waals surface area (Å²) < 4.78 is 27.5. The van der Waals surface area contributed by atoms with Crippen LogP contribution in [0.3, 0.4) is 0 Å². The normalized spacial score (nSPS) is 24.6. The van der Waals surface area contributed by atoms with Gasteiger partial charge in [-0.3, -0.25) is 5.10 Å². The smallest absolute Gasteiger partial charge is 0.244 e. The number of hydrogen-bond donors (Lipinski definition) is 3. The lowest BCUT2D eigenvalue weighted by Crippen LogP contribution is -2.37. The number of sulfonamides is 1. The molecule has 0 spiro atoms. The van der Waals surface area contributed by atoms with Gasteiger partial charge in [0.15, 0.2) is 0 Å². The molecule has 2 rings (SSSR count). The van der Waals surface area contributed by atoms with Gasteiger partial charge < -0.3 is 5.73 Å². The van der Waals surface area contributed by atoms with E-state index in [1.807, 2.05) is 0 Å². The lowest BCUT2D eigenvalue weighted by Gasteiger charge is -2.17. The van der Waals surface area contributed by atoms with Crippen LogP contribution in [0.15, 0.2) is 4.90 Å². The van der Waals surface area contributed by atoms with E-state index >= 15 is 0 Å². The molecule has 2 unspecified atom stereocenters. The Hall–Kier alpha value is -0.920. The molecule has 102 valence electrons. The summed E-state index contributed by atoms with van der Waals surface area (Å²) in [4.78, 5) is 0.212. The highest BCUT2D eigenvalue weighted by atomic mass is 32.2. The van der Waals surface area contributed by atoms with Crippen LogP contribution < -0.4 is 10.5 Å². The summed E-state index contributed by atoms with van der Waals surface area (Å²) in [6.45, 7) is 3.88. The van der Waals surface area contributed by atoms with Crippen LogP contribution in [0.25, 0.3) is 0 Å². The van der Waals surface area contributed by atoms with Crippen LogP contribution in [-0.4, -0.2) is 24.7 Å². The number of rotatable bonds is 4. The van der Waals surface area contributed by atoms with Gasteiger partial charge in [-0.25, -0.2) is 13.1 Å². The molecular formula is C11H20N4O2S. The fourth-order valence-electron chi connectivity index (χ4n) is 2.54. The van der Waals surface area contributed by atoms with Crippen LogP contribution in [0.4, 0.5) is 0 Å². The Balaban J connectivity index is 2.27. The Morgan fingerprint density at radius 3 is 2.78 bits per heavy atom. The third kappa shape index (κ3) is 2.43. The maximum atomic E-state index is 12.4. The van der Waals surface area contributed by atoms with Crippen molar-refractivity contribution in [3.63, 3.8) is 0 Å². The summed E-state index contributed by atoms with van der Waals surface area (Å²) >= 11 is 0. The first-order valence-electron chi connectivity index (χ1n) is 6.22. The van der Waals surface area contributed by atoms with E-state index in [0.717, 1.165) is 19.3 Å². The van der Waals surface area contributed by atoms with Crippen molar-refractivity contribution >= 4 is 10.0 Å². The van der Waals surface area contributed by atoms with Gasteiger partial charge in [0, 0.05) is 12.6 Å². The highest BCUT2D eigenvalue weighted by molar-refractivity contribution is 7.89. The predicted molar refractivity (Wildman–Crippen MR) is 68.3 cm³/mol. The third-order valence-corrected chi connectivity index (χ3v) is 5.28. The molecule has 0 saturated heterocycles. The minimum atomic E-state index is -3.53. The molecule has 1 aliphatic carbocycles. The molecule has 6 nitrogen and oxygen atoms in total. The number of H-pyrrole nitrogens is 1. The summed E-state index contributed by atoms with van der Waals surface area (Å²) in [6, 6.07) is 0.0231. The van der Waals surface area contributed by atoms with Gasteiger partial charge >= 0.3 is 0 Å². The van der Waals surface area contributed by atoms with E-state index in [0.29, 0.717) is 17.3 Å². The molecule has 1 fully saturated rings. The second-order valence-electron chi connectivity index (χ2n) is 4.96. The van der Waals surface area contributed by atoms with Gasteiger partial charge in [-0.15, -0.1) is 0 Å². The molecule has 0 amide bonds. The summed E-state index contributed by atoms with van der Waals surface area (Å²) in [5, 5.41) is 6.61. The molecule has 1 heterocycles. The average molecular weight is 272 g/mol. The second kappa shape index (κ2) is 4.99. The van der Waals surface area contributed by atoms with Gasteiger partial charge in [-0.1, -0.05) is 13.3 Å². The minimum absolute atomic E-state index is 0.0231. The van der Waals surface area contributed by atoms with Crippen LogP contribution >= 0.6 is 0 Å². The zero-order valence-electron chi connectivity index (χ0n) is 10.7. The molecule has 18 heavy (non-hydrogen) atoms. The molecule has 1 aromatic heterocycles. The molecule has 1 saturated carbocycles. The first-order valence-corrected chi connectivity index (χ1v) is 7.70. The zero-order chi connectivity index (χ0) is 13.3. The molecule has 0 aromatic carbocycles. The van der Waals surface area contributed by atoms with Crippen LogP contribution in [0.1, 0.15) is 37.6 Å². The van der Waals surface area contributed by atoms with Gasteiger partial charge in [0.05, 0.1) is 11.4 Å². The Morgan fingerprint density at radius 2 is 2.22 bits per heavy atom. The monoisotopic (exact) mass is 272 g/mol. The molecular weight excluding hydrogens is 252 g/mol. The SMILES string of the molecule is Cc1[nH]nc(CN)c1S(=O)(=O)NC1CCCC1C. The van der Waals surface area contributed by atoms with Gasteiger partial charge in [-0.05, 0) is 25.7 Å². The third-order valence-electron chi connectivity index (χ3n) is 3.59. The maximum absolute atomic E-state index is 12.4. The van der Waals surface area contributed by atoms with E-state index in [1.54, 1.807) is 6.92 Å². The molecule has 1 aromatic rings. The lowest BCUT2D eigenvalue weighted by molar-refractivity contribution is 0.476. The Bertz CT molecular complexity index is 523. The van der Waals surface area contributed by atoms with Crippen molar-refractivity contribution in [1.82, 2.24) is 14.9 Å². The summed E-state index contributed by atoms with van der Waals surface area (Å²) in [5.41, 5.74) is 6.45. The zero-order valence-corrected chi connectivity index (χ0v) is 11.5. The quantitative estimate of drug-likeness (QED) is 0.748. The number of aromatic nitrogens is 2. The highest BCUT2D eigenvalue weighted by Crippen LogP contribution is 2.27. The first kappa shape index (κ1) is 13.5. The van der Waals surface area contributed by atoms with Crippen LogP contribution in [0.2, 0.25) is 0 Å². The molecule has 0 bridgehead atoms. The predicted octanol–water partition coefficient (Wildman–Crippen LogP) is 0.644. The average Bonchev–Trinajstić information content (AvgIpc) is 2.85. The van der Waals surface area contributed by atoms with Gasteiger partial charge in [0.2, 0.25) is 10.0 Å². The largest absolute Gasteiger partial charge is 0.325 e. The number of nitrogens with two attached hydrogens (primary N) is 1. The molecule has 4 N–H and O–H groups in total. The number of nitrogens with one attached hydrogen (secondary N) is 2. The van der Waals surface area contributed by atoms with Gasteiger partial charge in [0.1, 0.15) is 4.90 Å². The Kier molecular flexibility index (Phi) is 3.74. The van der Waals surface area contributed by atoms with Crippen molar-refractivity contribution in [1.29, 1.82) is 0 Å². The number of aromatic amines is 1. The Morgan fingerprint density at radius 1 is 1.50 bits per heavy atom. The number of hydrogen-bond acceptors (Lipinski definition) is 4. The Labute approximate surface area is 107 Å². The van der Waals surface area contributed by atoms with E-state index in [9.17, 15) is 8.42 Å². The maximum Gasteiger partial charge on any atom is 0.244 e. The first-order chi connectivity index (χ1) is 8.45. The van der Waals surface area contributed by atoms with Crippen LogP contribution in [0.5, 0.6) is 0 Å². The number of aryl methyl sites for hydroxylation is 1. The van der Waals surface area contributed by atoms with Crippen molar-refractivity contribution in [3.8, 4) is 0 Å². The van der Waals surface area contributed by atoms with Crippen molar-refractivity contribution < 1.29 is 8.42 Å².